The minimum Gasteiger partial charge on any atom is -0.383 e. The first-order valence-electron chi connectivity index (χ1n) is 5.97. The highest BCUT2D eigenvalue weighted by Crippen LogP contribution is 2.31. The first-order valence-corrected chi connectivity index (χ1v) is 7.02. The van der Waals surface area contributed by atoms with E-state index in [1.807, 2.05) is 11.8 Å². The zero-order chi connectivity index (χ0) is 12.3. The molecule has 0 bridgehead atoms. The molecule has 5 nitrogen and oxygen atoms in total. The Bertz CT molecular complexity index is 364. The van der Waals surface area contributed by atoms with Crippen LogP contribution in [-0.2, 0) is 0 Å². The highest BCUT2D eigenvalue weighted by molar-refractivity contribution is 7.99. The average Bonchev–Trinajstić information content (AvgIpc) is 2.65. The van der Waals surface area contributed by atoms with Gasteiger partial charge in [-0.25, -0.2) is 0 Å². The molecule has 0 amide bonds. The van der Waals surface area contributed by atoms with E-state index in [1.54, 1.807) is 6.07 Å². The lowest BCUT2D eigenvalue weighted by Crippen LogP contribution is -2.27. The van der Waals surface area contributed by atoms with Crippen molar-refractivity contribution in [1.82, 2.24) is 9.97 Å². The molecule has 6 heteroatoms. The number of hydrogen-bond donors (Lipinski definition) is 3. The van der Waals surface area contributed by atoms with Crippen molar-refractivity contribution < 1.29 is 0 Å². The Kier molecular flexibility index (Phi) is 3.93. The van der Waals surface area contributed by atoms with Crippen molar-refractivity contribution in [3.8, 4) is 0 Å². The predicted octanol–water partition coefficient (Wildman–Crippen LogP) is 1.73. The van der Waals surface area contributed by atoms with Gasteiger partial charge in [0.05, 0.1) is 0 Å². The zero-order valence-electron chi connectivity index (χ0n) is 10.0. The number of anilines is 3. The van der Waals surface area contributed by atoms with E-state index in [0.717, 1.165) is 11.6 Å². The molecule has 0 radical (unpaired) electrons. The van der Waals surface area contributed by atoms with E-state index in [2.05, 4.69) is 22.2 Å². The van der Waals surface area contributed by atoms with Crippen LogP contribution >= 0.6 is 11.8 Å². The maximum Gasteiger partial charge on any atom is 0.223 e. The molecule has 1 aromatic heterocycles. The van der Waals surface area contributed by atoms with Crippen LogP contribution in [0.3, 0.4) is 0 Å². The highest BCUT2D eigenvalue weighted by Gasteiger charge is 2.27. The first kappa shape index (κ1) is 12.3. The van der Waals surface area contributed by atoms with Crippen LogP contribution in [0.1, 0.15) is 26.2 Å². The molecule has 2 unspecified atom stereocenters. The number of nitrogens with one attached hydrogen (secondary N) is 1. The minimum absolute atomic E-state index is 0.227. The lowest BCUT2D eigenvalue weighted by Gasteiger charge is -2.20. The molecule has 0 aliphatic heterocycles. The fourth-order valence-electron chi connectivity index (χ4n) is 2.25. The highest BCUT2D eigenvalue weighted by atomic mass is 32.2. The minimum atomic E-state index is 0.227. The second-order valence-electron chi connectivity index (χ2n) is 4.21. The van der Waals surface area contributed by atoms with Gasteiger partial charge >= 0.3 is 0 Å². The molecule has 0 aromatic carbocycles. The van der Waals surface area contributed by atoms with Crippen LogP contribution in [0.15, 0.2) is 6.07 Å². The molecule has 1 aliphatic rings. The van der Waals surface area contributed by atoms with E-state index >= 15 is 0 Å². The molecule has 1 saturated carbocycles. The van der Waals surface area contributed by atoms with E-state index in [1.165, 1.54) is 19.3 Å². The molecule has 0 spiro atoms. The quantitative estimate of drug-likeness (QED) is 0.757. The van der Waals surface area contributed by atoms with Crippen molar-refractivity contribution in [1.29, 1.82) is 0 Å². The van der Waals surface area contributed by atoms with Gasteiger partial charge in [0, 0.05) is 17.4 Å². The average molecular weight is 253 g/mol. The lowest BCUT2D eigenvalue weighted by atomic mass is 10.2. The number of thioether (sulfide) groups is 1. The molecule has 1 aromatic rings. The topological polar surface area (TPSA) is 89.8 Å². The van der Waals surface area contributed by atoms with Crippen molar-refractivity contribution in [3.63, 3.8) is 0 Å². The van der Waals surface area contributed by atoms with Crippen LogP contribution in [0.25, 0.3) is 0 Å². The van der Waals surface area contributed by atoms with Crippen LogP contribution in [0.5, 0.6) is 0 Å². The fourth-order valence-corrected chi connectivity index (χ4v) is 3.45. The number of rotatable bonds is 4. The molecule has 1 fully saturated rings. The van der Waals surface area contributed by atoms with Gasteiger partial charge in [-0.2, -0.15) is 21.7 Å². The molecule has 17 heavy (non-hydrogen) atoms. The molecule has 2 rings (SSSR count). The van der Waals surface area contributed by atoms with Gasteiger partial charge < -0.3 is 16.8 Å². The van der Waals surface area contributed by atoms with Crippen LogP contribution < -0.4 is 16.8 Å². The summed E-state index contributed by atoms with van der Waals surface area (Å²) in [7, 11) is 0. The predicted molar refractivity (Wildman–Crippen MR) is 74.0 cm³/mol. The van der Waals surface area contributed by atoms with Gasteiger partial charge in [-0.15, -0.1) is 0 Å². The van der Waals surface area contributed by atoms with Crippen LogP contribution in [0.4, 0.5) is 17.6 Å². The van der Waals surface area contributed by atoms with E-state index in [-0.39, 0.29) is 5.95 Å². The molecule has 0 saturated heterocycles. The summed E-state index contributed by atoms with van der Waals surface area (Å²) in [6.45, 7) is 2.20. The van der Waals surface area contributed by atoms with Gasteiger partial charge in [0.1, 0.15) is 11.6 Å². The summed E-state index contributed by atoms with van der Waals surface area (Å²) >= 11 is 2.01. The van der Waals surface area contributed by atoms with E-state index in [0.29, 0.717) is 17.1 Å². The summed E-state index contributed by atoms with van der Waals surface area (Å²) in [6.07, 6.45) is 3.72. The summed E-state index contributed by atoms with van der Waals surface area (Å²) in [5.41, 5.74) is 11.2. The summed E-state index contributed by atoms with van der Waals surface area (Å²) in [6, 6.07) is 2.20. The third kappa shape index (κ3) is 3.15. The Morgan fingerprint density at radius 2 is 2.24 bits per heavy atom. The third-order valence-electron chi connectivity index (χ3n) is 2.93. The Morgan fingerprint density at radius 1 is 1.41 bits per heavy atom. The van der Waals surface area contributed by atoms with Crippen LogP contribution in [0, 0.1) is 0 Å². The largest absolute Gasteiger partial charge is 0.383 e. The fraction of sp³-hybridized carbons (Fsp3) is 0.636. The maximum absolute atomic E-state index is 5.65. The summed E-state index contributed by atoms with van der Waals surface area (Å²) in [5, 5.41) is 4.09. The molecule has 2 atom stereocenters. The normalized spacial score (nSPS) is 23.8. The van der Waals surface area contributed by atoms with Crippen LogP contribution in [-0.4, -0.2) is 27.0 Å². The first-order chi connectivity index (χ1) is 8.19. The van der Waals surface area contributed by atoms with Gasteiger partial charge in [-0.3, -0.25) is 0 Å². The smallest absolute Gasteiger partial charge is 0.223 e. The third-order valence-corrected chi connectivity index (χ3v) is 4.26. The Hall–Kier alpha value is -1.17. The SMILES string of the molecule is CCSC1CCCC1Nc1cc(N)nc(N)n1. The number of hydrogen-bond acceptors (Lipinski definition) is 6. The molecule has 1 aliphatic carbocycles. The second-order valence-corrected chi connectivity index (χ2v) is 5.73. The zero-order valence-corrected chi connectivity index (χ0v) is 10.8. The Balaban J connectivity index is 2.04. The van der Waals surface area contributed by atoms with Gasteiger partial charge in [-0.05, 0) is 18.6 Å². The monoisotopic (exact) mass is 253 g/mol. The van der Waals surface area contributed by atoms with Crippen molar-refractivity contribution in [2.75, 3.05) is 22.5 Å². The van der Waals surface area contributed by atoms with E-state index in [9.17, 15) is 0 Å². The summed E-state index contributed by atoms with van der Waals surface area (Å²) in [4.78, 5) is 8.02. The Morgan fingerprint density at radius 3 is 2.94 bits per heavy atom. The lowest BCUT2D eigenvalue weighted by molar-refractivity contribution is 0.762. The summed E-state index contributed by atoms with van der Waals surface area (Å²) < 4.78 is 0. The van der Waals surface area contributed by atoms with Crippen molar-refractivity contribution in [2.45, 2.75) is 37.5 Å². The van der Waals surface area contributed by atoms with Crippen molar-refractivity contribution in [3.05, 3.63) is 6.07 Å². The summed E-state index contributed by atoms with van der Waals surface area (Å²) in [5.74, 6) is 2.53. The van der Waals surface area contributed by atoms with Crippen molar-refractivity contribution >= 4 is 29.3 Å². The molecule has 1 heterocycles. The molecule has 94 valence electrons. The molecular formula is C11H19N5S. The van der Waals surface area contributed by atoms with Gasteiger partial charge in [0.25, 0.3) is 0 Å². The number of nitrogen functional groups attached to an aromatic ring is 2. The van der Waals surface area contributed by atoms with Gasteiger partial charge in [-0.1, -0.05) is 13.3 Å². The van der Waals surface area contributed by atoms with E-state index < -0.39 is 0 Å². The number of nitrogens with two attached hydrogens (primary N) is 2. The van der Waals surface area contributed by atoms with Crippen molar-refractivity contribution in [2.24, 2.45) is 0 Å². The Labute approximate surface area is 106 Å². The van der Waals surface area contributed by atoms with Gasteiger partial charge in [0.2, 0.25) is 5.95 Å². The standard InChI is InChI=1S/C11H19N5S/c1-2-17-8-5-3-4-7(8)14-10-6-9(12)15-11(13)16-10/h6-8H,2-5H2,1H3,(H5,12,13,14,15,16). The second kappa shape index (κ2) is 5.44. The van der Waals surface area contributed by atoms with E-state index in [4.69, 9.17) is 11.5 Å². The number of aromatic nitrogens is 2. The van der Waals surface area contributed by atoms with Gasteiger partial charge in [0.15, 0.2) is 0 Å². The number of nitrogens with zero attached hydrogens (tertiary/aromatic N) is 2. The molecule has 5 N–H and O–H groups in total. The molecular weight excluding hydrogens is 234 g/mol. The van der Waals surface area contributed by atoms with Crippen LogP contribution in [0.2, 0.25) is 0 Å². The maximum atomic E-state index is 5.65.